The van der Waals surface area contributed by atoms with Crippen LogP contribution in [-0.4, -0.2) is 94.1 Å². The van der Waals surface area contributed by atoms with E-state index in [1.54, 1.807) is 31.3 Å². The van der Waals surface area contributed by atoms with Gasteiger partial charge in [0.05, 0.1) is 24.0 Å². The number of fused-ring (bicyclic) bond motifs is 4. The van der Waals surface area contributed by atoms with E-state index in [1.807, 2.05) is 55.5 Å². The van der Waals surface area contributed by atoms with Crippen molar-refractivity contribution in [1.29, 1.82) is 0 Å². The van der Waals surface area contributed by atoms with Crippen molar-refractivity contribution in [2.75, 3.05) is 49.7 Å². The number of rotatable bonds is 14. The topological polar surface area (TPSA) is 200 Å². The standard InChI is InChI=1S/C44H52N8O8/c1-4-22-59-44(58)52-25-36(49-43(57)60-27-35-33-14-8-6-12-31(33)32-13-7-9-15-34(32)35)41(55)51(37-16-10-11-17-38(37)52)26-39(53)48-30(5-2)24-47-50-42(56)46-23-28-18-20-29(21-19-28)40(54)45-3/h4,6-17,24,28-30,35-36H,1,5,18-23,25-27H2,2-3H3,(H,45,54)(H,48,53)(H,49,57)(H2,46,50,56)/b47-24+/t28?,29?,30-,36-/m0/s1. The van der Waals surface area contributed by atoms with Gasteiger partial charge in [-0.05, 0) is 72.4 Å². The van der Waals surface area contributed by atoms with E-state index < -0.39 is 48.7 Å². The minimum Gasteiger partial charge on any atom is -0.449 e. The minimum atomic E-state index is -1.34. The Hall–Kier alpha value is -6.71. The highest BCUT2D eigenvalue weighted by molar-refractivity contribution is 6.09. The lowest BCUT2D eigenvalue weighted by Gasteiger charge is -2.27. The van der Waals surface area contributed by atoms with Gasteiger partial charge in [0.25, 0.3) is 5.91 Å². The van der Waals surface area contributed by atoms with Crippen molar-refractivity contribution >= 4 is 53.5 Å². The van der Waals surface area contributed by atoms with Crippen molar-refractivity contribution in [3.05, 3.63) is 96.6 Å². The van der Waals surface area contributed by atoms with E-state index in [1.165, 1.54) is 22.1 Å². The SMILES string of the molecule is C=CCOC(=O)N1C[C@H](NC(=O)OCC2c3ccccc3-c3ccccc32)C(=O)N(CC(=O)N[C@H](/C=N/NC(=O)NCC2CCC(C(=O)NC)CC2)CC)c2ccccc21. The Morgan fingerprint density at radius 1 is 0.900 bits per heavy atom. The smallest absolute Gasteiger partial charge is 0.414 e. The lowest BCUT2D eigenvalue weighted by molar-refractivity contribution is -0.125. The van der Waals surface area contributed by atoms with Gasteiger partial charge in [0.1, 0.15) is 25.8 Å². The van der Waals surface area contributed by atoms with Gasteiger partial charge in [0, 0.05) is 31.6 Å². The molecule has 3 aromatic carbocycles. The first-order valence-corrected chi connectivity index (χ1v) is 20.3. The Morgan fingerprint density at radius 3 is 2.20 bits per heavy atom. The summed E-state index contributed by atoms with van der Waals surface area (Å²) in [4.78, 5) is 81.7. The number of hydrogen-bond acceptors (Lipinski definition) is 9. The Bertz CT molecular complexity index is 2060. The molecule has 0 bridgehead atoms. The molecule has 7 amide bonds. The first-order valence-electron chi connectivity index (χ1n) is 20.3. The molecule has 6 rings (SSSR count). The maximum atomic E-state index is 14.4. The zero-order valence-electron chi connectivity index (χ0n) is 33.9. The van der Waals surface area contributed by atoms with Crippen LogP contribution in [0.2, 0.25) is 0 Å². The lowest BCUT2D eigenvalue weighted by atomic mass is 9.81. The first kappa shape index (κ1) is 42.9. The van der Waals surface area contributed by atoms with Crippen molar-refractivity contribution in [3.63, 3.8) is 0 Å². The maximum absolute atomic E-state index is 14.4. The Labute approximate surface area is 349 Å². The van der Waals surface area contributed by atoms with Crippen LogP contribution in [0.15, 0.2) is 90.6 Å². The second kappa shape index (κ2) is 20.3. The van der Waals surface area contributed by atoms with E-state index in [9.17, 15) is 28.8 Å². The summed E-state index contributed by atoms with van der Waals surface area (Å²) in [6.07, 6.45) is 4.76. The van der Waals surface area contributed by atoms with E-state index in [2.05, 4.69) is 38.4 Å². The van der Waals surface area contributed by atoms with Gasteiger partial charge in [-0.1, -0.05) is 80.2 Å². The molecule has 16 heteroatoms. The second-order valence-electron chi connectivity index (χ2n) is 14.9. The van der Waals surface area contributed by atoms with Crippen molar-refractivity contribution in [1.82, 2.24) is 26.7 Å². The van der Waals surface area contributed by atoms with Crippen LogP contribution in [0.5, 0.6) is 0 Å². The molecule has 0 spiro atoms. The van der Waals surface area contributed by atoms with Crippen molar-refractivity contribution < 1.29 is 38.2 Å². The maximum Gasteiger partial charge on any atom is 0.414 e. The molecule has 5 N–H and O–H groups in total. The highest BCUT2D eigenvalue weighted by atomic mass is 16.6. The van der Waals surface area contributed by atoms with Crippen LogP contribution < -0.4 is 36.5 Å². The number of nitrogens with one attached hydrogen (secondary N) is 5. The highest BCUT2D eigenvalue weighted by Gasteiger charge is 2.39. The van der Waals surface area contributed by atoms with Gasteiger partial charge < -0.3 is 30.7 Å². The number of benzene rings is 3. The van der Waals surface area contributed by atoms with Crippen molar-refractivity contribution in [2.45, 2.75) is 57.0 Å². The Morgan fingerprint density at radius 2 is 1.55 bits per heavy atom. The molecule has 3 aliphatic rings. The largest absolute Gasteiger partial charge is 0.449 e. The molecule has 3 aromatic rings. The summed E-state index contributed by atoms with van der Waals surface area (Å²) in [5.41, 5.74) is 7.11. The molecule has 316 valence electrons. The van der Waals surface area contributed by atoms with E-state index in [-0.39, 0.29) is 54.8 Å². The number of carbonyl (C=O) groups excluding carboxylic acids is 6. The number of urea groups is 1. The predicted molar refractivity (Wildman–Crippen MR) is 226 cm³/mol. The number of anilines is 2. The van der Waals surface area contributed by atoms with Gasteiger partial charge in [0.15, 0.2) is 0 Å². The van der Waals surface area contributed by atoms with Crippen LogP contribution in [-0.2, 0) is 23.9 Å². The molecule has 16 nitrogen and oxygen atoms in total. The Kier molecular flexibility index (Phi) is 14.5. The normalized spacial score (nSPS) is 18.8. The number of carbonyl (C=O) groups is 6. The quantitative estimate of drug-likeness (QED) is 0.0868. The highest BCUT2D eigenvalue weighted by Crippen LogP contribution is 2.44. The molecule has 1 saturated carbocycles. The van der Waals surface area contributed by atoms with Gasteiger partial charge >= 0.3 is 18.2 Å². The van der Waals surface area contributed by atoms with Crippen LogP contribution >= 0.6 is 0 Å². The fourth-order valence-corrected chi connectivity index (χ4v) is 7.96. The zero-order valence-corrected chi connectivity index (χ0v) is 33.9. The van der Waals surface area contributed by atoms with Crippen LogP contribution in [0, 0.1) is 11.8 Å². The number of hydrogen-bond donors (Lipinski definition) is 5. The third-order valence-electron chi connectivity index (χ3n) is 11.1. The second-order valence-corrected chi connectivity index (χ2v) is 14.9. The summed E-state index contributed by atoms with van der Waals surface area (Å²) in [6.45, 7) is 4.98. The predicted octanol–water partition coefficient (Wildman–Crippen LogP) is 4.80. The summed E-state index contributed by atoms with van der Waals surface area (Å²) < 4.78 is 11.1. The minimum absolute atomic E-state index is 0.00399. The van der Waals surface area contributed by atoms with Gasteiger partial charge in [0.2, 0.25) is 11.8 Å². The summed E-state index contributed by atoms with van der Waals surface area (Å²) >= 11 is 0. The summed E-state index contributed by atoms with van der Waals surface area (Å²) in [5, 5.41) is 15.0. The average molecular weight is 821 g/mol. The van der Waals surface area contributed by atoms with Crippen LogP contribution in [0.1, 0.15) is 56.1 Å². The number of para-hydroxylation sites is 2. The first-order chi connectivity index (χ1) is 29.1. The van der Waals surface area contributed by atoms with Gasteiger partial charge in [-0.2, -0.15) is 5.10 Å². The molecule has 1 heterocycles. The van der Waals surface area contributed by atoms with Crippen LogP contribution in [0.4, 0.5) is 25.8 Å². The monoisotopic (exact) mass is 820 g/mol. The summed E-state index contributed by atoms with van der Waals surface area (Å²) in [6, 6.07) is 19.9. The number of ether oxygens (including phenoxy) is 2. The lowest BCUT2D eigenvalue weighted by Crippen LogP contribution is -2.55. The Balaban J connectivity index is 1.10. The molecular formula is C44H52N8O8. The molecule has 60 heavy (non-hydrogen) atoms. The van der Waals surface area contributed by atoms with Gasteiger partial charge in [-0.3, -0.25) is 24.2 Å². The van der Waals surface area contributed by atoms with Crippen LogP contribution in [0.3, 0.4) is 0 Å². The summed E-state index contributed by atoms with van der Waals surface area (Å²) in [7, 11) is 1.64. The molecule has 0 unspecified atom stereocenters. The molecule has 0 saturated heterocycles. The molecule has 2 atom stereocenters. The zero-order chi connectivity index (χ0) is 42.6. The van der Waals surface area contributed by atoms with Crippen molar-refractivity contribution in [2.24, 2.45) is 16.9 Å². The molecule has 2 aliphatic carbocycles. The molecule has 0 radical (unpaired) electrons. The molecular weight excluding hydrogens is 769 g/mol. The average Bonchev–Trinajstić information content (AvgIpc) is 3.54. The van der Waals surface area contributed by atoms with Crippen molar-refractivity contribution in [3.8, 4) is 11.1 Å². The number of alkyl carbamates (subject to hydrolysis) is 1. The fraction of sp³-hybridized carbons (Fsp3) is 0.386. The number of amides is 7. The number of nitrogens with zero attached hydrogens (tertiary/aromatic N) is 3. The van der Waals surface area contributed by atoms with E-state index in [0.29, 0.717) is 13.0 Å². The molecule has 1 aliphatic heterocycles. The fourth-order valence-electron chi connectivity index (χ4n) is 7.96. The van der Waals surface area contributed by atoms with Gasteiger partial charge in [-0.15, -0.1) is 0 Å². The molecule has 0 aromatic heterocycles. The van der Waals surface area contributed by atoms with E-state index in [0.717, 1.165) is 47.9 Å². The summed E-state index contributed by atoms with van der Waals surface area (Å²) in [5.74, 6) is -1.13. The third-order valence-corrected chi connectivity index (χ3v) is 11.1. The van der Waals surface area contributed by atoms with E-state index in [4.69, 9.17) is 9.47 Å². The van der Waals surface area contributed by atoms with Gasteiger partial charge in [-0.25, -0.2) is 19.8 Å². The number of hydrazone groups is 1. The molecule has 1 fully saturated rings. The van der Waals surface area contributed by atoms with Crippen LogP contribution in [0.25, 0.3) is 11.1 Å². The third kappa shape index (κ3) is 10.3. The van der Waals surface area contributed by atoms with E-state index >= 15 is 0 Å².